The van der Waals surface area contributed by atoms with E-state index in [9.17, 15) is 0 Å². The van der Waals surface area contributed by atoms with Gasteiger partial charge in [-0.2, -0.15) is 0 Å². The van der Waals surface area contributed by atoms with Gasteiger partial charge in [-0.1, -0.05) is 24.3 Å². The molecule has 0 spiro atoms. The summed E-state index contributed by atoms with van der Waals surface area (Å²) in [6.07, 6.45) is 3.99. The summed E-state index contributed by atoms with van der Waals surface area (Å²) in [5.74, 6) is 0. The van der Waals surface area contributed by atoms with E-state index in [0.717, 1.165) is 25.7 Å². The molecule has 3 heterocycles. The van der Waals surface area contributed by atoms with Crippen molar-refractivity contribution < 1.29 is 0 Å². The predicted octanol–water partition coefficient (Wildman–Crippen LogP) is 1.32. The highest BCUT2D eigenvalue weighted by Crippen LogP contribution is 2.22. The van der Waals surface area contributed by atoms with Crippen LogP contribution in [0.15, 0.2) is 36.7 Å². The van der Waals surface area contributed by atoms with Gasteiger partial charge in [-0.15, -0.1) is 0 Å². The van der Waals surface area contributed by atoms with Gasteiger partial charge in [-0.05, 0) is 10.9 Å². The first-order valence-corrected chi connectivity index (χ1v) is 7.89. The van der Waals surface area contributed by atoms with Crippen molar-refractivity contribution in [3.63, 3.8) is 0 Å². The third kappa shape index (κ3) is 2.67. The third-order valence-electron chi connectivity index (χ3n) is 4.75. The molecule has 110 valence electrons. The van der Waals surface area contributed by atoms with Crippen molar-refractivity contribution in [2.45, 2.75) is 12.6 Å². The maximum absolute atomic E-state index is 4.39. The standard InChI is InChI=1S/C17H22N4/c1-2-4-17-14(3-1)9-19-10-15(17)11-20-12-16(13-20)21-7-5-18-6-8-21/h1-4,9-10,16,18H,5-8,11-13H2. The maximum atomic E-state index is 4.39. The average molecular weight is 282 g/mol. The van der Waals surface area contributed by atoms with Crippen LogP contribution in [-0.4, -0.2) is 60.1 Å². The van der Waals surface area contributed by atoms with E-state index in [4.69, 9.17) is 0 Å². The molecular formula is C17H22N4. The Morgan fingerprint density at radius 1 is 1.10 bits per heavy atom. The van der Waals surface area contributed by atoms with E-state index in [-0.39, 0.29) is 0 Å². The second-order valence-corrected chi connectivity index (χ2v) is 6.15. The van der Waals surface area contributed by atoms with E-state index in [1.54, 1.807) is 0 Å². The highest BCUT2D eigenvalue weighted by atomic mass is 15.3. The molecule has 0 atom stereocenters. The molecule has 0 radical (unpaired) electrons. The van der Waals surface area contributed by atoms with E-state index in [2.05, 4.69) is 44.4 Å². The lowest BCUT2D eigenvalue weighted by atomic mass is 10.0. The van der Waals surface area contributed by atoms with Crippen molar-refractivity contribution in [3.05, 3.63) is 42.2 Å². The number of rotatable bonds is 3. The molecule has 2 aliphatic heterocycles. The number of hydrogen-bond donors (Lipinski definition) is 1. The molecule has 4 nitrogen and oxygen atoms in total. The summed E-state index contributed by atoms with van der Waals surface area (Å²) in [6.45, 7) is 8.11. The number of nitrogens with one attached hydrogen (secondary N) is 1. The lowest BCUT2D eigenvalue weighted by molar-refractivity contribution is 0.0225. The molecule has 0 unspecified atom stereocenters. The Morgan fingerprint density at radius 2 is 1.90 bits per heavy atom. The highest BCUT2D eigenvalue weighted by molar-refractivity contribution is 5.84. The molecule has 0 amide bonds. The molecule has 1 aromatic heterocycles. The Hall–Kier alpha value is -1.49. The Kier molecular flexibility index (Phi) is 3.59. The Labute approximate surface area is 125 Å². The molecule has 4 heteroatoms. The minimum absolute atomic E-state index is 0.759. The lowest BCUT2D eigenvalue weighted by Crippen LogP contribution is -2.62. The first-order valence-electron chi connectivity index (χ1n) is 7.89. The van der Waals surface area contributed by atoms with Crippen molar-refractivity contribution in [2.24, 2.45) is 0 Å². The molecule has 2 aliphatic rings. The number of fused-ring (bicyclic) bond motifs is 1. The fourth-order valence-corrected chi connectivity index (χ4v) is 3.50. The van der Waals surface area contributed by atoms with Gasteiger partial charge >= 0.3 is 0 Å². The SMILES string of the molecule is c1ccc2c(CN3CC(N4CCNCC4)C3)cncc2c1. The van der Waals surface area contributed by atoms with E-state index >= 15 is 0 Å². The molecule has 0 saturated carbocycles. The average Bonchev–Trinajstić information content (AvgIpc) is 2.51. The van der Waals surface area contributed by atoms with E-state index in [1.165, 1.54) is 42.5 Å². The number of benzene rings is 1. The zero-order valence-electron chi connectivity index (χ0n) is 12.3. The molecule has 21 heavy (non-hydrogen) atoms. The largest absolute Gasteiger partial charge is 0.314 e. The normalized spacial score (nSPS) is 21.5. The summed E-state index contributed by atoms with van der Waals surface area (Å²) in [5, 5.41) is 6.02. The Morgan fingerprint density at radius 3 is 2.76 bits per heavy atom. The zero-order chi connectivity index (χ0) is 14.1. The van der Waals surface area contributed by atoms with Crippen LogP contribution in [0.1, 0.15) is 5.56 Å². The maximum Gasteiger partial charge on any atom is 0.0351 e. The molecule has 0 aliphatic carbocycles. The first-order chi connectivity index (χ1) is 10.4. The van der Waals surface area contributed by atoms with Crippen LogP contribution in [0.2, 0.25) is 0 Å². The van der Waals surface area contributed by atoms with Gasteiger partial charge in [0.05, 0.1) is 0 Å². The van der Waals surface area contributed by atoms with Crippen LogP contribution in [0.4, 0.5) is 0 Å². The van der Waals surface area contributed by atoms with Crippen LogP contribution < -0.4 is 5.32 Å². The van der Waals surface area contributed by atoms with Crippen molar-refractivity contribution >= 4 is 10.8 Å². The van der Waals surface area contributed by atoms with Crippen LogP contribution in [-0.2, 0) is 6.54 Å². The number of nitrogens with zero attached hydrogens (tertiary/aromatic N) is 3. The van der Waals surface area contributed by atoms with Gasteiger partial charge in [0.25, 0.3) is 0 Å². The number of aromatic nitrogens is 1. The van der Waals surface area contributed by atoms with Crippen molar-refractivity contribution in [1.29, 1.82) is 0 Å². The third-order valence-corrected chi connectivity index (χ3v) is 4.75. The van der Waals surface area contributed by atoms with Gasteiger partial charge in [0, 0.05) is 69.6 Å². The highest BCUT2D eigenvalue weighted by Gasteiger charge is 2.32. The van der Waals surface area contributed by atoms with Crippen LogP contribution in [0, 0.1) is 0 Å². The van der Waals surface area contributed by atoms with Crippen LogP contribution in [0.3, 0.4) is 0 Å². The number of piperazine rings is 1. The quantitative estimate of drug-likeness (QED) is 0.920. The van der Waals surface area contributed by atoms with Crippen LogP contribution in [0.5, 0.6) is 0 Å². The monoisotopic (exact) mass is 282 g/mol. The summed E-state index contributed by atoms with van der Waals surface area (Å²) in [7, 11) is 0. The minimum atomic E-state index is 0.759. The fourth-order valence-electron chi connectivity index (χ4n) is 3.50. The van der Waals surface area contributed by atoms with E-state index < -0.39 is 0 Å². The second-order valence-electron chi connectivity index (χ2n) is 6.15. The van der Waals surface area contributed by atoms with Gasteiger partial charge in [-0.3, -0.25) is 14.8 Å². The molecule has 4 rings (SSSR count). The molecule has 2 fully saturated rings. The summed E-state index contributed by atoms with van der Waals surface area (Å²) < 4.78 is 0. The molecular weight excluding hydrogens is 260 g/mol. The van der Waals surface area contributed by atoms with Gasteiger partial charge in [0.1, 0.15) is 0 Å². The topological polar surface area (TPSA) is 31.4 Å². The van der Waals surface area contributed by atoms with Crippen molar-refractivity contribution in [2.75, 3.05) is 39.3 Å². The van der Waals surface area contributed by atoms with Crippen LogP contribution in [0.25, 0.3) is 10.8 Å². The lowest BCUT2D eigenvalue weighted by Gasteiger charge is -2.47. The fraction of sp³-hybridized carbons (Fsp3) is 0.471. The van der Waals surface area contributed by atoms with E-state index in [1.807, 2.05) is 12.4 Å². The molecule has 1 aromatic carbocycles. The van der Waals surface area contributed by atoms with Gasteiger partial charge in [-0.25, -0.2) is 0 Å². The molecule has 0 bridgehead atoms. The molecule has 1 N–H and O–H groups in total. The second kappa shape index (κ2) is 5.72. The number of pyridine rings is 1. The molecule has 2 saturated heterocycles. The first kappa shape index (κ1) is 13.2. The van der Waals surface area contributed by atoms with Crippen molar-refractivity contribution in [1.82, 2.24) is 20.1 Å². The van der Waals surface area contributed by atoms with Gasteiger partial charge in [0.15, 0.2) is 0 Å². The van der Waals surface area contributed by atoms with Crippen molar-refractivity contribution in [3.8, 4) is 0 Å². The number of likely N-dealkylation sites (tertiary alicyclic amines) is 1. The smallest absolute Gasteiger partial charge is 0.0351 e. The summed E-state index contributed by atoms with van der Waals surface area (Å²) in [4.78, 5) is 9.56. The predicted molar refractivity (Wildman–Crippen MR) is 85.3 cm³/mol. The minimum Gasteiger partial charge on any atom is -0.314 e. The summed E-state index contributed by atoms with van der Waals surface area (Å²) in [6, 6.07) is 9.31. The van der Waals surface area contributed by atoms with E-state index in [0.29, 0.717) is 0 Å². The Balaban J connectivity index is 1.41. The number of hydrogen-bond acceptors (Lipinski definition) is 4. The van der Waals surface area contributed by atoms with Crippen LogP contribution >= 0.6 is 0 Å². The summed E-state index contributed by atoms with van der Waals surface area (Å²) >= 11 is 0. The Bertz CT molecular complexity index is 610. The van der Waals surface area contributed by atoms with Gasteiger partial charge in [0.2, 0.25) is 0 Å². The zero-order valence-corrected chi connectivity index (χ0v) is 12.3. The molecule has 2 aromatic rings. The summed E-state index contributed by atoms with van der Waals surface area (Å²) in [5.41, 5.74) is 1.35. The van der Waals surface area contributed by atoms with Gasteiger partial charge < -0.3 is 5.32 Å².